The molecule has 4 aromatic heterocycles. The number of carbonyl (C=O) groups is 2. The second-order valence-corrected chi connectivity index (χ2v) is 17.8. The Morgan fingerprint density at radius 3 is 1.83 bits per heavy atom. The Morgan fingerprint density at radius 1 is 0.810 bits per heavy atom. The summed E-state index contributed by atoms with van der Waals surface area (Å²) in [5.74, 6) is 1.12. The van der Waals surface area contributed by atoms with Crippen LogP contribution in [0.3, 0.4) is 0 Å². The maximum absolute atomic E-state index is 14.8. The van der Waals surface area contributed by atoms with Crippen LogP contribution in [0.25, 0.3) is 19.2 Å². The Morgan fingerprint density at radius 2 is 1.38 bits per heavy atom. The first-order chi connectivity index (χ1) is 20.3. The van der Waals surface area contributed by atoms with Crippen LogP contribution in [0, 0.1) is 11.8 Å². The number of unbranched alkanes of at least 4 members (excludes halogenated alkanes) is 2. The molecule has 0 amide bonds. The molecule has 0 spiro atoms. The van der Waals surface area contributed by atoms with Crippen molar-refractivity contribution in [1.82, 2.24) is 4.98 Å². The molecule has 0 fully saturated rings. The zero-order valence-electron chi connectivity index (χ0n) is 24.6. The fourth-order valence-corrected chi connectivity index (χ4v) is 13.5. The average Bonchev–Trinajstić information content (AvgIpc) is 3.77. The summed E-state index contributed by atoms with van der Waals surface area (Å²) in [4.78, 5) is 40.5. The molecular weight excluding hydrogens is 777 g/mol. The number of fused-ring (bicyclic) bond motifs is 2. The Balaban J connectivity index is 1.70. The van der Waals surface area contributed by atoms with Gasteiger partial charge >= 0.3 is 280 Å². The van der Waals surface area contributed by atoms with Crippen LogP contribution in [0.5, 0.6) is 0 Å². The van der Waals surface area contributed by atoms with E-state index < -0.39 is 0 Å². The number of ketones is 2. The van der Waals surface area contributed by atoms with Crippen LogP contribution in [0.4, 0.5) is 0 Å². The molecule has 1 aliphatic carbocycles. The molecule has 0 N–H and O–H groups in total. The SMILES string of the molecule is CCCCC(CC)Cc1sc(CC(CC)CCCC)c2c1C(=O)c1c(-c3nc(Br)cs3)sc(-c3[se]ccc3Br)c1C2=O. The van der Waals surface area contributed by atoms with Crippen LogP contribution in [-0.4, -0.2) is 31.1 Å². The summed E-state index contributed by atoms with van der Waals surface area (Å²) in [6, 6.07) is 2.08. The number of halogens is 2. The van der Waals surface area contributed by atoms with Gasteiger partial charge in [-0.15, -0.1) is 0 Å². The number of hydrogen-bond acceptors (Lipinski definition) is 6. The van der Waals surface area contributed by atoms with Crippen molar-refractivity contribution >= 4 is 91.9 Å². The molecule has 4 aromatic rings. The van der Waals surface area contributed by atoms with Crippen LogP contribution in [0.15, 0.2) is 25.5 Å². The predicted molar refractivity (Wildman–Crippen MR) is 188 cm³/mol. The molecule has 0 saturated heterocycles. The summed E-state index contributed by atoms with van der Waals surface area (Å²) in [6.07, 6.45) is 11.0. The molecular formula is C33H37Br2NO2S3Se. The molecule has 3 nitrogen and oxygen atoms in total. The number of thiazole rings is 1. The molecule has 0 aliphatic heterocycles. The van der Waals surface area contributed by atoms with E-state index in [2.05, 4.69) is 70.6 Å². The monoisotopic (exact) mass is 813 g/mol. The first-order valence-electron chi connectivity index (χ1n) is 15.1. The Labute approximate surface area is 284 Å². The first kappa shape index (κ1) is 32.7. The van der Waals surface area contributed by atoms with Gasteiger partial charge in [0.05, 0.1) is 0 Å². The summed E-state index contributed by atoms with van der Waals surface area (Å²) in [6.45, 7) is 9.01. The van der Waals surface area contributed by atoms with E-state index in [-0.39, 0.29) is 26.1 Å². The zero-order chi connectivity index (χ0) is 30.0. The fourth-order valence-electron chi connectivity index (χ4n) is 5.95. The normalized spacial score (nSPS) is 14.3. The maximum atomic E-state index is 14.8. The van der Waals surface area contributed by atoms with Gasteiger partial charge in [0.25, 0.3) is 0 Å². The van der Waals surface area contributed by atoms with Crippen molar-refractivity contribution in [2.45, 2.75) is 91.9 Å². The quantitative estimate of drug-likeness (QED) is 0.105. The van der Waals surface area contributed by atoms with Crippen molar-refractivity contribution in [2.24, 2.45) is 11.8 Å². The Hall–Kier alpha value is -0.671. The van der Waals surface area contributed by atoms with Gasteiger partial charge in [0.2, 0.25) is 0 Å². The van der Waals surface area contributed by atoms with Gasteiger partial charge in [0.15, 0.2) is 0 Å². The molecule has 1 aliphatic rings. The first-order valence-corrected chi connectivity index (χ1v) is 21.0. The molecule has 0 saturated carbocycles. The van der Waals surface area contributed by atoms with E-state index in [1.165, 1.54) is 37.0 Å². The molecule has 9 heteroatoms. The average molecular weight is 815 g/mol. The van der Waals surface area contributed by atoms with E-state index in [9.17, 15) is 9.59 Å². The molecule has 4 heterocycles. The Bertz CT molecular complexity index is 1580. The van der Waals surface area contributed by atoms with E-state index in [4.69, 9.17) is 4.98 Å². The third kappa shape index (κ3) is 6.49. The summed E-state index contributed by atoms with van der Waals surface area (Å²) < 4.78 is 2.92. The summed E-state index contributed by atoms with van der Waals surface area (Å²) in [7, 11) is 0. The summed E-state index contributed by atoms with van der Waals surface area (Å²) in [5, 5.41) is 2.75. The van der Waals surface area contributed by atoms with Crippen LogP contribution in [-0.2, 0) is 12.8 Å². The van der Waals surface area contributed by atoms with Crippen molar-refractivity contribution in [1.29, 1.82) is 0 Å². The molecule has 224 valence electrons. The number of hydrogen-bond donors (Lipinski definition) is 0. The molecule has 0 bridgehead atoms. The molecule has 0 radical (unpaired) electrons. The molecule has 42 heavy (non-hydrogen) atoms. The van der Waals surface area contributed by atoms with E-state index in [0.717, 1.165) is 76.6 Å². The van der Waals surface area contributed by atoms with E-state index in [0.29, 0.717) is 34.1 Å². The van der Waals surface area contributed by atoms with E-state index in [1.54, 1.807) is 22.7 Å². The number of thiophene rings is 2. The van der Waals surface area contributed by atoms with Gasteiger partial charge in [0.1, 0.15) is 0 Å². The number of nitrogens with zero attached hydrogens (tertiary/aromatic N) is 1. The van der Waals surface area contributed by atoms with Crippen molar-refractivity contribution in [2.75, 3.05) is 0 Å². The number of aromatic nitrogens is 1. The van der Waals surface area contributed by atoms with E-state index >= 15 is 0 Å². The minimum absolute atomic E-state index is 0.0306. The van der Waals surface area contributed by atoms with Crippen LogP contribution in [0.1, 0.15) is 121 Å². The van der Waals surface area contributed by atoms with Crippen molar-refractivity contribution in [3.05, 3.63) is 57.5 Å². The van der Waals surface area contributed by atoms with Crippen molar-refractivity contribution < 1.29 is 9.59 Å². The summed E-state index contributed by atoms with van der Waals surface area (Å²) in [5.41, 5.74) is 2.61. The number of carbonyl (C=O) groups excluding carboxylic acids is 2. The van der Waals surface area contributed by atoms with Gasteiger partial charge in [-0.1, -0.05) is 6.92 Å². The predicted octanol–water partition coefficient (Wildman–Crippen LogP) is 11.5. The fraction of sp³-hybridized carbons (Fsp3) is 0.485. The second-order valence-electron chi connectivity index (χ2n) is 11.2. The second kappa shape index (κ2) is 14.6. The van der Waals surface area contributed by atoms with Gasteiger partial charge in [-0.3, -0.25) is 0 Å². The standard InChI is InChI=1S/C33H37Br2NO2S3Se/c1-5-9-11-18(7-3)15-21-24-25(22(40-21)16-19(8-4)12-10-6-2)29(38)27-26(28(24)37)30(32-20(34)13-14-42-32)41-31(27)33-36-23(35)17-39-33/h13-14,17-19H,5-12,15-16H2,1-4H3. The summed E-state index contributed by atoms with van der Waals surface area (Å²) >= 11 is 12.2. The number of rotatable bonds is 14. The minimum atomic E-state index is 0.0306. The molecule has 2 atom stereocenters. The van der Waals surface area contributed by atoms with Gasteiger partial charge in [-0.25, -0.2) is 0 Å². The van der Waals surface area contributed by atoms with Crippen molar-refractivity contribution in [3.63, 3.8) is 0 Å². The Kier molecular flexibility index (Phi) is 11.4. The van der Waals surface area contributed by atoms with Crippen LogP contribution < -0.4 is 0 Å². The van der Waals surface area contributed by atoms with Gasteiger partial charge in [-0.05, 0) is 0 Å². The topological polar surface area (TPSA) is 47.0 Å². The van der Waals surface area contributed by atoms with Crippen LogP contribution in [0.2, 0.25) is 0 Å². The van der Waals surface area contributed by atoms with Gasteiger partial charge in [-0.2, -0.15) is 0 Å². The van der Waals surface area contributed by atoms with Gasteiger partial charge < -0.3 is 0 Å². The zero-order valence-corrected chi connectivity index (χ0v) is 31.9. The van der Waals surface area contributed by atoms with E-state index in [1.807, 2.05) is 5.38 Å². The van der Waals surface area contributed by atoms with Gasteiger partial charge in [0, 0.05) is 0 Å². The molecule has 5 rings (SSSR count). The molecule has 0 aromatic carbocycles. The third-order valence-electron chi connectivity index (χ3n) is 8.40. The molecule has 2 unspecified atom stereocenters. The van der Waals surface area contributed by atoms with Crippen molar-refractivity contribution in [3.8, 4) is 19.2 Å². The van der Waals surface area contributed by atoms with Crippen LogP contribution >= 0.6 is 65.9 Å². The third-order valence-corrected chi connectivity index (χ3v) is 16.0.